The van der Waals surface area contributed by atoms with Crippen LogP contribution >= 0.6 is 0 Å². The lowest BCUT2D eigenvalue weighted by molar-refractivity contribution is -0.929. The van der Waals surface area contributed by atoms with Crippen LogP contribution in [0.25, 0.3) is 5.69 Å². The van der Waals surface area contributed by atoms with Crippen molar-refractivity contribution in [1.29, 1.82) is 0 Å². The second kappa shape index (κ2) is 19.7. The minimum atomic E-state index is -2.94. The topological polar surface area (TPSA) is 161 Å². The van der Waals surface area contributed by atoms with Crippen molar-refractivity contribution < 1.29 is 22.4 Å². The van der Waals surface area contributed by atoms with Crippen molar-refractivity contribution in [2.75, 3.05) is 31.9 Å². The number of unbranched alkanes of at least 4 members (excludes halogenated alkanes) is 4. The summed E-state index contributed by atoms with van der Waals surface area (Å²) in [6, 6.07) is 12.5. The normalized spacial score (nSPS) is 12.1. The Bertz CT molecular complexity index is 1340. The molecule has 0 amide bonds. The molecule has 1 atom stereocenters. The third-order valence-electron chi connectivity index (χ3n) is 7.58. The zero-order valence-corrected chi connectivity index (χ0v) is 28.1. The maximum Gasteiger partial charge on any atom is 0.273 e. The zero-order chi connectivity index (χ0) is 33.2. The summed E-state index contributed by atoms with van der Waals surface area (Å²) in [6.45, 7) is 16.7. The third-order valence-corrected chi connectivity index (χ3v) is 7.89. The van der Waals surface area contributed by atoms with Crippen molar-refractivity contribution in [2.24, 2.45) is 10.2 Å². The van der Waals surface area contributed by atoms with Gasteiger partial charge in [-0.05, 0) is 50.8 Å². The Morgan fingerprint density at radius 3 is 1.91 bits per heavy atom. The van der Waals surface area contributed by atoms with Gasteiger partial charge >= 0.3 is 0 Å². The van der Waals surface area contributed by atoms with Gasteiger partial charge in [0.1, 0.15) is 17.0 Å². The van der Waals surface area contributed by atoms with E-state index in [1.807, 2.05) is 30.3 Å². The van der Waals surface area contributed by atoms with Crippen molar-refractivity contribution in [3.8, 4) is 11.4 Å². The Labute approximate surface area is 269 Å². The van der Waals surface area contributed by atoms with E-state index in [0.717, 1.165) is 17.8 Å². The van der Waals surface area contributed by atoms with E-state index in [1.54, 1.807) is 6.92 Å². The molecule has 2 N–H and O–H groups in total. The summed E-state index contributed by atoms with van der Waals surface area (Å²) in [6.07, 6.45) is 11.1. The number of aromatic nitrogens is 2. The molecule has 1 aromatic heterocycles. The highest BCUT2D eigenvalue weighted by Crippen LogP contribution is 2.35. The monoisotopic (exact) mass is 643 g/mol. The van der Waals surface area contributed by atoms with Gasteiger partial charge in [0.2, 0.25) is 0 Å². The minimum Gasteiger partial charge on any atom is -0.740 e. The second-order valence-electron chi connectivity index (χ2n) is 11.1. The third kappa shape index (κ3) is 12.0. The smallest absolute Gasteiger partial charge is 0.273 e. The Morgan fingerprint density at radius 1 is 0.911 bits per heavy atom. The Morgan fingerprint density at radius 2 is 1.44 bits per heavy atom. The number of anilines is 1. The molecule has 0 aliphatic heterocycles. The maximum atomic E-state index is 10.9. The molecule has 0 saturated heterocycles. The van der Waals surface area contributed by atoms with Gasteiger partial charge in [0, 0.05) is 6.07 Å². The summed E-state index contributed by atoms with van der Waals surface area (Å²) in [5.74, 6) is -0.109. The molecule has 0 saturated carbocycles. The lowest BCUT2D eigenvalue weighted by Crippen LogP contribution is -2.50. The lowest BCUT2D eigenvalue weighted by atomic mass is 10.1. The minimum absolute atomic E-state index is 0.0268. The summed E-state index contributed by atoms with van der Waals surface area (Å²) < 4.78 is 29.2. The first kappa shape index (κ1) is 37.5. The van der Waals surface area contributed by atoms with Gasteiger partial charge in [0.25, 0.3) is 5.69 Å². The fourth-order valence-corrected chi connectivity index (χ4v) is 5.29. The summed E-state index contributed by atoms with van der Waals surface area (Å²) in [4.78, 5) is 10.2. The number of benzene rings is 2. The van der Waals surface area contributed by atoms with Gasteiger partial charge in [-0.2, -0.15) is 5.10 Å². The number of nitro groups is 1. The van der Waals surface area contributed by atoms with Gasteiger partial charge in [0.15, 0.2) is 17.3 Å². The Hall–Kier alpha value is -3.68. The molecule has 0 aliphatic carbocycles. The van der Waals surface area contributed by atoms with Gasteiger partial charge in [0.05, 0.1) is 48.6 Å². The van der Waals surface area contributed by atoms with E-state index in [2.05, 4.69) is 47.2 Å². The van der Waals surface area contributed by atoms with Crippen LogP contribution in [0.5, 0.6) is 5.75 Å². The van der Waals surface area contributed by atoms with Crippen molar-refractivity contribution >= 4 is 34.2 Å². The van der Waals surface area contributed by atoms with Crippen molar-refractivity contribution in [1.82, 2.24) is 9.78 Å². The molecule has 0 radical (unpaired) electrons. The summed E-state index contributed by atoms with van der Waals surface area (Å²) in [5, 5.41) is 23.1. The van der Waals surface area contributed by atoms with Gasteiger partial charge < -0.3 is 19.0 Å². The van der Waals surface area contributed by atoms with Gasteiger partial charge in [-0.25, -0.2) is 8.89 Å². The van der Waals surface area contributed by atoms with E-state index in [9.17, 15) is 18.9 Å². The second-order valence-corrected chi connectivity index (χ2v) is 11.7. The molecule has 3 aromatic rings. The first-order valence-corrected chi connectivity index (χ1v) is 16.8. The number of nitrogen functional groups attached to an aromatic ring is 1. The number of non-ortho nitro benzene ring substituents is 1. The van der Waals surface area contributed by atoms with E-state index in [4.69, 9.17) is 5.73 Å². The first-order chi connectivity index (χ1) is 21.6. The number of para-hydroxylation sites is 1. The van der Waals surface area contributed by atoms with Crippen molar-refractivity contribution in [3.63, 3.8) is 0 Å². The van der Waals surface area contributed by atoms with Crippen molar-refractivity contribution in [3.05, 3.63) is 64.3 Å². The van der Waals surface area contributed by atoms with E-state index in [1.165, 1.54) is 92.8 Å². The molecular formula is C32H49N7O5S. The van der Waals surface area contributed by atoms with E-state index in [-0.39, 0.29) is 28.6 Å². The predicted molar refractivity (Wildman–Crippen MR) is 179 cm³/mol. The van der Waals surface area contributed by atoms with Gasteiger partial charge in [-0.3, -0.25) is 10.1 Å². The molecule has 0 spiro atoms. The van der Waals surface area contributed by atoms with Crippen LogP contribution in [0.4, 0.5) is 22.9 Å². The van der Waals surface area contributed by atoms with Crippen LogP contribution in [-0.2, 0) is 11.4 Å². The molecule has 248 valence electrons. The van der Waals surface area contributed by atoms with E-state index in [0.29, 0.717) is 5.69 Å². The van der Waals surface area contributed by atoms with E-state index >= 15 is 0 Å². The largest absolute Gasteiger partial charge is 0.740 e. The van der Waals surface area contributed by atoms with Crippen LogP contribution < -0.4 is 9.92 Å². The van der Waals surface area contributed by atoms with Crippen LogP contribution in [0.2, 0.25) is 0 Å². The molecule has 0 aliphatic rings. The van der Waals surface area contributed by atoms with Crippen LogP contribution in [0.3, 0.4) is 0 Å². The average molecular weight is 644 g/mol. The quantitative estimate of drug-likeness (QED) is 0.0479. The lowest BCUT2D eigenvalue weighted by Gasteiger charge is -2.39. The van der Waals surface area contributed by atoms with Crippen LogP contribution in [0, 0.1) is 17.0 Å². The van der Waals surface area contributed by atoms with Crippen LogP contribution in [0.15, 0.2) is 58.8 Å². The highest BCUT2D eigenvalue weighted by Gasteiger charge is 2.24. The molecule has 0 bridgehead atoms. The number of azo groups is 1. The molecule has 2 aromatic carbocycles. The molecule has 45 heavy (non-hydrogen) atoms. The molecule has 1 heterocycles. The van der Waals surface area contributed by atoms with Crippen LogP contribution in [0.1, 0.15) is 84.8 Å². The molecule has 3 rings (SSSR count). The molecular weight excluding hydrogens is 594 g/mol. The Balaban J connectivity index is 0.000000358. The zero-order valence-electron chi connectivity index (χ0n) is 27.3. The SMILES string of the molecule is CCCC[N+](CCCC)(CCCC)CCCC.Cc1nn(-c2ccccc2)c(N)c1N=Nc1ccc([N+](=O)[O-])cc1OS(=O)[O-]. The summed E-state index contributed by atoms with van der Waals surface area (Å²) >= 11 is -2.94. The summed E-state index contributed by atoms with van der Waals surface area (Å²) in [7, 11) is 0. The number of nitrogens with zero attached hydrogens (tertiary/aromatic N) is 6. The van der Waals surface area contributed by atoms with E-state index < -0.39 is 16.3 Å². The predicted octanol–water partition coefficient (Wildman–Crippen LogP) is 8.26. The number of aryl methyl sites for hydroxylation is 1. The highest BCUT2D eigenvalue weighted by molar-refractivity contribution is 7.74. The van der Waals surface area contributed by atoms with Crippen molar-refractivity contribution in [2.45, 2.75) is 86.0 Å². The number of rotatable bonds is 18. The Kier molecular flexibility index (Phi) is 16.4. The molecule has 0 fully saturated rings. The van der Waals surface area contributed by atoms with Gasteiger partial charge in [-0.15, -0.1) is 10.2 Å². The van der Waals surface area contributed by atoms with Gasteiger partial charge in [-0.1, -0.05) is 71.6 Å². The number of hydrogen-bond donors (Lipinski definition) is 1. The first-order valence-electron chi connectivity index (χ1n) is 15.8. The number of quaternary nitrogens is 1. The number of hydrogen-bond acceptors (Lipinski definition) is 9. The fourth-order valence-electron chi connectivity index (χ4n) is 5.01. The standard InChI is InChI=1S/C16H14N6O5S.C16H36N/c1-10-15(16(17)21(20-10)11-5-3-2-4-6-11)19-18-13-8-7-12(22(23)24)9-14(13)27-28(25)26;1-5-9-13-17(14-10-6-2,15-11-7-3)16-12-8-4/h2-9H,17H2,1H3,(H,25,26);5-16H2,1-4H3/q;+1/p-1. The number of nitro benzene ring substituents is 1. The average Bonchev–Trinajstić information content (AvgIpc) is 3.32. The molecule has 1 unspecified atom stereocenters. The number of nitrogens with two attached hydrogens (primary N) is 1. The summed E-state index contributed by atoms with van der Waals surface area (Å²) in [5.41, 5.74) is 7.22. The molecule has 12 nitrogen and oxygen atoms in total. The highest BCUT2D eigenvalue weighted by atomic mass is 32.2. The molecule has 13 heteroatoms. The maximum absolute atomic E-state index is 10.9. The van der Waals surface area contributed by atoms with Crippen LogP contribution in [-0.4, -0.2) is 54.1 Å². The fraction of sp³-hybridized carbons (Fsp3) is 0.531.